The van der Waals surface area contributed by atoms with Crippen LogP contribution in [0.5, 0.6) is 0 Å². The van der Waals surface area contributed by atoms with E-state index in [1.54, 1.807) is 18.3 Å². The number of pyridine rings is 2. The Morgan fingerprint density at radius 2 is 2.31 bits per heavy atom. The highest BCUT2D eigenvalue weighted by atomic mass is 35.5. The first-order valence-corrected chi connectivity index (χ1v) is 4.23. The standard InChI is InChI=1S/C10H7ClN2/c1-2-7-6-9(11)8-4-3-5-12-10(8)13-7/h2-6H,1H2. The Morgan fingerprint density at radius 1 is 1.46 bits per heavy atom. The Labute approximate surface area is 80.9 Å². The van der Waals surface area contributed by atoms with E-state index in [2.05, 4.69) is 16.5 Å². The third-order valence-electron chi connectivity index (χ3n) is 1.76. The molecule has 0 aliphatic carbocycles. The van der Waals surface area contributed by atoms with Crippen LogP contribution in [-0.4, -0.2) is 9.97 Å². The van der Waals surface area contributed by atoms with Crippen molar-refractivity contribution in [3.05, 3.63) is 41.7 Å². The SMILES string of the molecule is C=Cc1cc(Cl)c2cccnc2n1. The molecule has 0 saturated carbocycles. The largest absolute Gasteiger partial charge is 0.237 e. The molecule has 0 aromatic carbocycles. The summed E-state index contributed by atoms with van der Waals surface area (Å²) < 4.78 is 0. The monoisotopic (exact) mass is 190 g/mol. The van der Waals surface area contributed by atoms with Crippen LogP contribution in [0.4, 0.5) is 0 Å². The van der Waals surface area contributed by atoms with Crippen LogP contribution in [0.15, 0.2) is 31.0 Å². The van der Waals surface area contributed by atoms with Crippen molar-refractivity contribution in [3.63, 3.8) is 0 Å². The van der Waals surface area contributed by atoms with Gasteiger partial charge in [0.15, 0.2) is 5.65 Å². The first-order chi connectivity index (χ1) is 6.31. The average molecular weight is 191 g/mol. The van der Waals surface area contributed by atoms with Gasteiger partial charge >= 0.3 is 0 Å². The van der Waals surface area contributed by atoms with Gasteiger partial charge in [0.25, 0.3) is 0 Å². The minimum absolute atomic E-state index is 0.657. The van der Waals surface area contributed by atoms with Crippen molar-refractivity contribution in [2.75, 3.05) is 0 Å². The molecular formula is C10H7ClN2. The van der Waals surface area contributed by atoms with Gasteiger partial charge in [0.1, 0.15) is 0 Å². The molecule has 0 spiro atoms. The van der Waals surface area contributed by atoms with Crippen molar-refractivity contribution in [2.45, 2.75) is 0 Å². The lowest BCUT2D eigenvalue weighted by molar-refractivity contribution is 1.27. The van der Waals surface area contributed by atoms with E-state index >= 15 is 0 Å². The summed E-state index contributed by atoms with van der Waals surface area (Å²) in [6.07, 6.45) is 3.35. The molecule has 0 aliphatic rings. The van der Waals surface area contributed by atoms with Crippen molar-refractivity contribution in [3.8, 4) is 0 Å². The zero-order valence-corrected chi connectivity index (χ0v) is 7.62. The number of halogens is 1. The number of hydrogen-bond acceptors (Lipinski definition) is 2. The second-order valence-electron chi connectivity index (χ2n) is 2.61. The first-order valence-electron chi connectivity index (χ1n) is 3.85. The van der Waals surface area contributed by atoms with Gasteiger partial charge in [-0.2, -0.15) is 0 Å². The van der Waals surface area contributed by atoms with E-state index in [0.29, 0.717) is 10.7 Å². The third-order valence-corrected chi connectivity index (χ3v) is 2.08. The zero-order valence-electron chi connectivity index (χ0n) is 6.87. The molecule has 2 rings (SSSR count). The molecule has 2 aromatic rings. The maximum atomic E-state index is 6.01. The van der Waals surface area contributed by atoms with E-state index in [-0.39, 0.29) is 0 Å². The molecule has 0 saturated heterocycles. The van der Waals surface area contributed by atoms with Gasteiger partial charge in [-0.05, 0) is 24.3 Å². The summed E-state index contributed by atoms with van der Waals surface area (Å²) in [4.78, 5) is 8.35. The maximum Gasteiger partial charge on any atom is 0.161 e. The smallest absolute Gasteiger partial charge is 0.161 e. The topological polar surface area (TPSA) is 25.8 Å². The van der Waals surface area contributed by atoms with Crippen molar-refractivity contribution in [1.82, 2.24) is 9.97 Å². The van der Waals surface area contributed by atoms with Crippen LogP contribution in [0.25, 0.3) is 17.1 Å². The van der Waals surface area contributed by atoms with Crippen molar-refractivity contribution in [2.24, 2.45) is 0 Å². The fourth-order valence-corrected chi connectivity index (χ4v) is 1.40. The average Bonchev–Trinajstić information content (AvgIpc) is 2.18. The van der Waals surface area contributed by atoms with Crippen LogP contribution >= 0.6 is 11.6 Å². The molecule has 0 aliphatic heterocycles. The highest BCUT2D eigenvalue weighted by Crippen LogP contribution is 2.21. The van der Waals surface area contributed by atoms with Crippen molar-refractivity contribution < 1.29 is 0 Å². The van der Waals surface area contributed by atoms with E-state index in [0.717, 1.165) is 11.1 Å². The predicted octanol–water partition coefficient (Wildman–Crippen LogP) is 2.93. The van der Waals surface area contributed by atoms with Crippen LogP contribution in [0.1, 0.15) is 5.69 Å². The molecule has 0 radical (unpaired) electrons. The van der Waals surface area contributed by atoms with Crippen LogP contribution in [0.2, 0.25) is 5.02 Å². The molecule has 0 atom stereocenters. The van der Waals surface area contributed by atoms with Gasteiger partial charge in [-0.3, -0.25) is 0 Å². The molecule has 2 aromatic heterocycles. The van der Waals surface area contributed by atoms with Gasteiger partial charge in [-0.25, -0.2) is 9.97 Å². The molecule has 64 valence electrons. The van der Waals surface area contributed by atoms with Crippen LogP contribution in [0, 0.1) is 0 Å². The number of rotatable bonds is 1. The Balaban J connectivity index is 2.84. The summed E-state index contributed by atoms with van der Waals surface area (Å²) in [5.41, 5.74) is 1.40. The molecular weight excluding hydrogens is 184 g/mol. The van der Waals surface area contributed by atoms with E-state index in [1.165, 1.54) is 0 Å². The molecule has 0 N–H and O–H groups in total. The van der Waals surface area contributed by atoms with Gasteiger partial charge in [0.2, 0.25) is 0 Å². The highest BCUT2D eigenvalue weighted by Gasteiger charge is 2.01. The summed E-state index contributed by atoms with van der Waals surface area (Å²) in [6, 6.07) is 5.51. The first kappa shape index (κ1) is 8.20. The van der Waals surface area contributed by atoms with Crippen LogP contribution in [0.3, 0.4) is 0 Å². The summed E-state index contributed by atoms with van der Waals surface area (Å²) in [6.45, 7) is 3.63. The molecule has 3 heteroatoms. The van der Waals surface area contributed by atoms with Crippen molar-refractivity contribution >= 4 is 28.7 Å². The van der Waals surface area contributed by atoms with Gasteiger partial charge < -0.3 is 0 Å². The molecule has 0 fully saturated rings. The predicted molar refractivity (Wildman–Crippen MR) is 54.6 cm³/mol. The normalized spacial score (nSPS) is 10.2. The minimum Gasteiger partial charge on any atom is -0.237 e. The molecule has 13 heavy (non-hydrogen) atoms. The lowest BCUT2D eigenvalue weighted by Crippen LogP contribution is -1.86. The van der Waals surface area contributed by atoms with Gasteiger partial charge in [-0.15, -0.1) is 0 Å². The summed E-state index contributed by atoms with van der Waals surface area (Å²) >= 11 is 6.01. The zero-order chi connectivity index (χ0) is 9.26. The van der Waals surface area contributed by atoms with Crippen molar-refractivity contribution in [1.29, 1.82) is 0 Å². The number of hydrogen-bond donors (Lipinski definition) is 0. The summed E-state index contributed by atoms with van der Waals surface area (Å²) in [5.74, 6) is 0. The molecule has 2 nitrogen and oxygen atoms in total. The minimum atomic E-state index is 0.657. The Hall–Kier alpha value is -1.41. The molecule has 0 amide bonds. The van der Waals surface area contributed by atoms with Gasteiger partial charge in [0, 0.05) is 11.6 Å². The van der Waals surface area contributed by atoms with Crippen LogP contribution in [-0.2, 0) is 0 Å². The van der Waals surface area contributed by atoms with Gasteiger partial charge in [-0.1, -0.05) is 18.2 Å². The van der Waals surface area contributed by atoms with Crippen LogP contribution < -0.4 is 0 Å². The maximum absolute atomic E-state index is 6.01. The fraction of sp³-hybridized carbons (Fsp3) is 0. The molecule has 0 bridgehead atoms. The second kappa shape index (κ2) is 3.15. The third kappa shape index (κ3) is 1.40. The number of fused-ring (bicyclic) bond motifs is 1. The summed E-state index contributed by atoms with van der Waals surface area (Å²) in [7, 11) is 0. The summed E-state index contributed by atoms with van der Waals surface area (Å²) in [5, 5.41) is 1.53. The highest BCUT2D eigenvalue weighted by molar-refractivity contribution is 6.35. The quantitative estimate of drug-likeness (QED) is 0.691. The Kier molecular flexibility index (Phi) is 1.99. The van der Waals surface area contributed by atoms with E-state index in [4.69, 9.17) is 11.6 Å². The van der Waals surface area contributed by atoms with E-state index in [1.807, 2.05) is 12.1 Å². The van der Waals surface area contributed by atoms with E-state index in [9.17, 15) is 0 Å². The number of aromatic nitrogens is 2. The lowest BCUT2D eigenvalue weighted by atomic mass is 10.2. The second-order valence-corrected chi connectivity index (χ2v) is 3.01. The fourth-order valence-electron chi connectivity index (χ4n) is 1.14. The molecule has 0 unspecified atom stereocenters. The lowest BCUT2D eigenvalue weighted by Gasteiger charge is -1.99. The van der Waals surface area contributed by atoms with Gasteiger partial charge in [0.05, 0.1) is 10.7 Å². The molecule has 2 heterocycles. The number of nitrogens with zero attached hydrogens (tertiary/aromatic N) is 2. The van der Waals surface area contributed by atoms with E-state index < -0.39 is 0 Å². The Morgan fingerprint density at radius 3 is 3.08 bits per heavy atom. The Bertz CT molecular complexity index is 465.